The first-order valence-corrected chi connectivity index (χ1v) is 7.56. The number of hydrogen-bond donors (Lipinski definition) is 1. The molecule has 1 aromatic carbocycles. The number of halogens is 3. The van der Waals surface area contributed by atoms with Crippen LogP contribution in [0.15, 0.2) is 28.7 Å². The first kappa shape index (κ1) is 13.5. The predicted molar refractivity (Wildman–Crippen MR) is 79.9 cm³/mol. The van der Waals surface area contributed by atoms with Crippen molar-refractivity contribution >= 4 is 49.9 Å². The van der Waals surface area contributed by atoms with Crippen LogP contribution in [0.5, 0.6) is 0 Å². The van der Waals surface area contributed by atoms with Crippen molar-refractivity contribution < 1.29 is 9.50 Å². The van der Waals surface area contributed by atoms with Gasteiger partial charge in [0.25, 0.3) is 0 Å². The van der Waals surface area contributed by atoms with Gasteiger partial charge in [-0.25, -0.2) is 4.39 Å². The SMILES string of the molecule is Cc1cc(Br)c(C(O)c2ccc(F)cc2I)s1. The fourth-order valence-corrected chi connectivity index (χ4v) is 4.20. The minimum absolute atomic E-state index is 0.285. The second kappa shape index (κ2) is 5.34. The van der Waals surface area contributed by atoms with Gasteiger partial charge in [-0.05, 0) is 69.2 Å². The van der Waals surface area contributed by atoms with Crippen LogP contribution in [-0.2, 0) is 0 Å². The number of aliphatic hydroxyl groups excluding tert-OH is 1. The Morgan fingerprint density at radius 2 is 2.12 bits per heavy atom. The van der Waals surface area contributed by atoms with Crippen LogP contribution in [0, 0.1) is 16.3 Å². The first-order chi connectivity index (χ1) is 7.99. The van der Waals surface area contributed by atoms with Gasteiger partial charge in [-0.3, -0.25) is 0 Å². The summed E-state index contributed by atoms with van der Waals surface area (Å²) in [4.78, 5) is 1.98. The van der Waals surface area contributed by atoms with E-state index in [2.05, 4.69) is 15.9 Å². The number of thiophene rings is 1. The van der Waals surface area contributed by atoms with E-state index in [0.717, 1.165) is 23.4 Å². The van der Waals surface area contributed by atoms with Crippen molar-refractivity contribution in [1.29, 1.82) is 0 Å². The number of benzene rings is 1. The van der Waals surface area contributed by atoms with Gasteiger partial charge in [0.15, 0.2) is 0 Å². The molecule has 17 heavy (non-hydrogen) atoms. The average Bonchev–Trinajstić information content (AvgIpc) is 2.57. The molecule has 1 heterocycles. The minimum atomic E-state index is -0.712. The lowest BCUT2D eigenvalue weighted by Crippen LogP contribution is -2.01. The fraction of sp³-hybridized carbons (Fsp3) is 0.167. The van der Waals surface area contributed by atoms with Crippen LogP contribution in [-0.4, -0.2) is 5.11 Å². The highest BCUT2D eigenvalue weighted by molar-refractivity contribution is 14.1. The van der Waals surface area contributed by atoms with Crippen molar-refractivity contribution in [1.82, 2.24) is 0 Å². The van der Waals surface area contributed by atoms with Gasteiger partial charge in [0.1, 0.15) is 11.9 Å². The second-order valence-electron chi connectivity index (χ2n) is 3.64. The van der Waals surface area contributed by atoms with Gasteiger partial charge in [-0.1, -0.05) is 6.07 Å². The Kier molecular flexibility index (Phi) is 4.22. The monoisotopic (exact) mass is 426 g/mol. The van der Waals surface area contributed by atoms with Crippen molar-refractivity contribution in [3.8, 4) is 0 Å². The van der Waals surface area contributed by atoms with Gasteiger partial charge in [-0.15, -0.1) is 11.3 Å². The minimum Gasteiger partial charge on any atom is -0.383 e. The number of aryl methyl sites for hydroxylation is 1. The number of aliphatic hydroxyl groups is 1. The summed E-state index contributed by atoms with van der Waals surface area (Å²) in [6.07, 6.45) is -0.712. The number of hydrogen-bond acceptors (Lipinski definition) is 2. The molecule has 2 rings (SSSR count). The second-order valence-corrected chi connectivity index (χ2v) is 6.94. The first-order valence-electron chi connectivity index (χ1n) is 4.88. The topological polar surface area (TPSA) is 20.2 Å². The summed E-state index contributed by atoms with van der Waals surface area (Å²) in [5.41, 5.74) is 0.731. The third kappa shape index (κ3) is 2.89. The Morgan fingerprint density at radius 1 is 1.41 bits per heavy atom. The van der Waals surface area contributed by atoms with Gasteiger partial charge in [0.2, 0.25) is 0 Å². The van der Waals surface area contributed by atoms with Gasteiger partial charge in [0.05, 0.1) is 4.88 Å². The molecule has 2 aromatic rings. The summed E-state index contributed by atoms with van der Waals surface area (Å²) in [5, 5.41) is 10.3. The fourth-order valence-electron chi connectivity index (χ4n) is 1.55. The smallest absolute Gasteiger partial charge is 0.124 e. The van der Waals surface area contributed by atoms with Crippen molar-refractivity contribution in [3.63, 3.8) is 0 Å². The molecule has 0 fully saturated rings. The normalized spacial score (nSPS) is 12.8. The van der Waals surface area contributed by atoms with Gasteiger partial charge in [-0.2, -0.15) is 0 Å². The summed E-state index contributed by atoms with van der Waals surface area (Å²) in [7, 11) is 0. The molecule has 90 valence electrons. The lowest BCUT2D eigenvalue weighted by molar-refractivity contribution is 0.222. The molecule has 1 nitrogen and oxygen atoms in total. The van der Waals surface area contributed by atoms with Crippen molar-refractivity contribution in [2.24, 2.45) is 0 Å². The van der Waals surface area contributed by atoms with E-state index >= 15 is 0 Å². The molecule has 0 amide bonds. The van der Waals surface area contributed by atoms with Crippen LogP contribution in [0.1, 0.15) is 21.4 Å². The third-order valence-electron chi connectivity index (χ3n) is 2.34. The zero-order valence-electron chi connectivity index (χ0n) is 8.88. The molecular weight excluding hydrogens is 418 g/mol. The van der Waals surface area contributed by atoms with E-state index in [4.69, 9.17) is 0 Å². The standard InChI is InChI=1S/C12H9BrFIOS/c1-6-4-9(13)12(17-6)11(16)8-3-2-7(14)5-10(8)15/h2-5,11,16H,1H3. The molecule has 0 spiro atoms. The lowest BCUT2D eigenvalue weighted by atomic mass is 10.1. The maximum absolute atomic E-state index is 13.0. The molecule has 0 aliphatic carbocycles. The highest BCUT2D eigenvalue weighted by Gasteiger charge is 2.18. The van der Waals surface area contributed by atoms with Gasteiger partial charge >= 0.3 is 0 Å². The Morgan fingerprint density at radius 3 is 2.65 bits per heavy atom. The Hall–Kier alpha value is 0.0200. The zero-order chi connectivity index (χ0) is 12.6. The van der Waals surface area contributed by atoms with Crippen LogP contribution in [0.2, 0.25) is 0 Å². The van der Waals surface area contributed by atoms with E-state index in [1.54, 1.807) is 6.07 Å². The average molecular weight is 427 g/mol. The largest absolute Gasteiger partial charge is 0.383 e. The van der Waals surface area contributed by atoms with Crippen molar-refractivity contribution in [2.75, 3.05) is 0 Å². The van der Waals surface area contributed by atoms with Gasteiger partial charge < -0.3 is 5.11 Å². The number of rotatable bonds is 2. The zero-order valence-corrected chi connectivity index (χ0v) is 13.4. The highest BCUT2D eigenvalue weighted by Crippen LogP contribution is 2.36. The maximum atomic E-state index is 13.0. The molecule has 0 aliphatic rings. The van der Waals surface area contributed by atoms with E-state index in [-0.39, 0.29) is 5.82 Å². The molecule has 5 heteroatoms. The molecule has 0 saturated heterocycles. The molecule has 1 unspecified atom stereocenters. The lowest BCUT2D eigenvalue weighted by Gasteiger charge is -2.12. The molecule has 0 aliphatic heterocycles. The molecule has 0 radical (unpaired) electrons. The molecule has 1 atom stereocenters. The molecule has 1 N–H and O–H groups in total. The predicted octanol–water partition coefficient (Wildman–Crippen LogP) is 4.64. The molecular formula is C12H9BrFIOS. The van der Waals surface area contributed by atoms with E-state index in [9.17, 15) is 9.50 Å². The maximum Gasteiger partial charge on any atom is 0.124 e. The highest BCUT2D eigenvalue weighted by atomic mass is 127. The van der Waals surface area contributed by atoms with Gasteiger partial charge in [0, 0.05) is 12.9 Å². The van der Waals surface area contributed by atoms with Crippen LogP contribution in [0.25, 0.3) is 0 Å². The third-order valence-corrected chi connectivity index (χ3v) is 5.30. The van der Waals surface area contributed by atoms with Crippen LogP contribution in [0.4, 0.5) is 4.39 Å². The Labute approximate surface area is 125 Å². The summed E-state index contributed by atoms with van der Waals surface area (Å²) in [5.74, 6) is -0.285. The summed E-state index contributed by atoms with van der Waals surface area (Å²) in [6, 6.07) is 6.39. The summed E-state index contributed by atoms with van der Waals surface area (Å²) in [6.45, 7) is 1.99. The van der Waals surface area contributed by atoms with E-state index in [1.165, 1.54) is 23.5 Å². The van der Waals surface area contributed by atoms with Crippen LogP contribution >= 0.6 is 49.9 Å². The molecule has 0 saturated carbocycles. The van der Waals surface area contributed by atoms with E-state index < -0.39 is 6.10 Å². The van der Waals surface area contributed by atoms with Crippen molar-refractivity contribution in [3.05, 3.63) is 53.4 Å². The van der Waals surface area contributed by atoms with E-state index in [0.29, 0.717) is 0 Å². The van der Waals surface area contributed by atoms with Crippen molar-refractivity contribution in [2.45, 2.75) is 13.0 Å². The summed E-state index contributed by atoms with van der Waals surface area (Å²) < 4.78 is 14.6. The molecule has 0 bridgehead atoms. The summed E-state index contributed by atoms with van der Waals surface area (Å²) >= 11 is 7.00. The van der Waals surface area contributed by atoms with Crippen LogP contribution < -0.4 is 0 Å². The Balaban J connectivity index is 2.43. The van der Waals surface area contributed by atoms with Crippen LogP contribution in [0.3, 0.4) is 0 Å². The van der Waals surface area contributed by atoms with E-state index in [1.807, 2.05) is 35.6 Å². The Bertz CT molecular complexity index is 555. The quantitative estimate of drug-likeness (QED) is 0.693. The molecule has 1 aromatic heterocycles.